The molecule has 2 unspecified atom stereocenters. The third-order valence-electron chi connectivity index (χ3n) is 6.63. The lowest BCUT2D eigenvalue weighted by Gasteiger charge is -2.36. The van der Waals surface area contributed by atoms with Crippen LogP contribution >= 0.6 is 0 Å². The number of rotatable bonds is 4. The largest absolute Gasteiger partial charge is 0.497 e. The Morgan fingerprint density at radius 1 is 1.12 bits per heavy atom. The second-order valence-corrected chi connectivity index (χ2v) is 9.19. The Hall–Kier alpha value is -0.905. The normalized spacial score (nSPS) is 27.9. The first-order chi connectivity index (χ1) is 12.1. The van der Waals surface area contributed by atoms with Gasteiger partial charge in [-0.3, -0.25) is 4.90 Å². The Labute approximate surface area is 158 Å². The van der Waals surface area contributed by atoms with Crippen LogP contribution in [0.1, 0.15) is 65.9 Å². The first-order valence-electron chi connectivity index (χ1n) is 9.95. The quantitative estimate of drug-likeness (QED) is 0.753. The van der Waals surface area contributed by atoms with Crippen molar-refractivity contribution in [3.05, 3.63) is 29.6 Å². The molecule has 144 valence electrons. The molecule has 2 aliphatic rings. The van der Waals surface area contributed by atoms with E-state index >= 15 is 0 Å². The Kier molecular flexibility index (Phi) is 5.54. The molecular weight excluding hydrogens is 328 g/mol. The van der Waals surface area contributed by atoms with E-state index in [2.05, 4.69) is 18.9 Å². The van der Waals surface area contributed by atoms with Crippen molar-refractivity contribution in [3.63, 3.8) is 0 Å². The monoisotopic (exact) mass is 361 g/mol. The summed E-state index contributed by atoms with van der Waals surface area (Å²) in [5, 5.41) is 0. The molecule has 0 radical (unpaired) electrons. The van der Waals surface area contributed by atoms with Gasteiger partial charge in [0, 0.05) is 18.0 Å². The van der Waals surface area contributed by atoms with Crippen molar-refractivity contribution in [2.45, 2.75) is 84.1 Å². The molecule has 5 heteroatoms. The summed E-state index contributed by atoms with van der Waals surface area (Å²) in [6.07, 6.45) is 5.20. The molecule has 0 bridgehead atoms. The van der Waals surface area contributed by atoms with Gasteiger partial charge in [0.2, 0.25) is 0 Å². The maximum atomic E-state index is 14.5. The average molecular weight is 361 g/mol. The zero-order valence-corrected chi connectivity index (χ0v) is 17.1. The summed E-state index contributed by atoms with van der Waals surface area (Å²) in [5.41, 5.74) is 0.686. The van der Waals surface area contributed by atoms with Crippen LogP contribution in [0.4, 0.5) is 4.39 Å². The molecular formula is C21H33BFNO2. The van der Waals surface area contributed by atoms with Crippen LogP contribution in [0.3, 0.4) is 0 Å². The molecule has 1 aromatic rings. The van der Waals surface area contributed by atoms with E-state index in [-0.39, 0.29) is 5.82 Å². The van der Waals surface area contributed by atoms with Gasteiger partial charge in [0.1, 0.15) is 5.82 Å². The second-order valence-electron chi connectivity index (χ2n) is 9.19. The third-order valence-corrected chi connectivity index (χ3v) is 6.63. The zero-order chi connectivity index (χ0) is 19.1. The fourth-order valence-electron chi connectivity index (χ4n) is 4.20. The van der Waals surface area contributed by atoms with Crippen LogP contribution in [-0.4, -0.2) is 36.3 Å². The number of hydrogen-bond donors (Lipinski definition) is 0. The molecule has 0 spiro atoms. The van der Waals surface area contributed by atoms with Gasteiger partial charge in [-0.1, -0.05) is 31.9 Å². The third kappa shape index (κ3) is 3.85. The predicted octanol–water partition coefficient (Wildman–Crippen LogP) is 4.14. The molecule has 1 saturated heterocycles. The molecule has 3 nitrogen and oxygen atoms in total. The molecule has 3 rings (SSSR count). The van der Waals surface area contributed by atoms with Gasteiger partial charge in [0.15, 0.2) is 0 Å². The molecule has 0 N–H and O–H groups in total. The molecule has 1 aliphatic carbocycles. The van der Waals surface area contributed by atoms with Crippen LogP contribution in [0.2, 0.25) is 0 Å². The average Bonchev–Trinajstić information content (AvgIpc) is 2.77. The molecule has 2 fully saturated rings. The van der Waals surface area contributed by atoms with Gasteiger partial charge in [-0.05, 0) is 65.1 Å². The highest BCUT2D eigenvalue weighted by atomic mass is 19.1. The molecule has 0 aromatic heterocycles. The number of halogens is 1. The fourth-order valence-corrected chi connectivity index (χ4v) is 4.20. The predicted molar refractivity (Wildman–Crippen MR) is 105 cm³/mol. The number of nitrogens with zero attached hydrogens (tertiary/aromatic N) is 1. The van der Waals surface area contributed by atoms with Gasteiger partial charge in [0.25, 0.3) is 0 Å². The Morgan fingerprint density at radius 2 is 1.73 bits per heavy atom. The minimum absolute atomic E-state index is 0.263. The Bertz CT molecular complexity index is 633. The zero-order valence-electron chi connectivity index (χ0n) is 17.1. The summed E-state index contributed by atoms with van der Waals surface area (Å²) in [4.78, 5) is 2.42. The summed E-state index contributed by atoms with van der Waals surface area (Å²) in [5.74, 6) is 0.456. The van der Waals surface area contributed by atoms with Gasteiger partial charge in [-0.2, -0.15) is 0 Å². The fraction of sp³-hybridized carbons (Fsp3) is 0.714. The highest BCUT2D eigenvalue weighted by Gasteiger charge is 2.52. The lowest BCUT2D eigenvalue weighted by atomic mass is 9.77. The molecule has 1 saturated carbocycles. The van der Waals surface area contributed by atoms with Crippen molar-refractivity contribution in [2.75, 3.05) is 7.05 Å². The van der Waals surface area contributed by atoms with Crippen LogP contribution in [0, 0.1) is 11.7 Å². The maximum Gasteiger partial charge on any atom is 0.497 e. The van der Waals surface area contributed by atoms with Gasteiger partial charge in [-0.25, -0.2) is 4.39 Å². The number of benzene rings is 1. The number of hydrogen-bond acceptors (Lipinski definition) is 3. The minimum atomic E-state index is -0.654. The van der Waals surface area contributed by atoms with E-state index < -0.39 is 18.3 Å². The maximum absolute atomic E-state index is 14.5. The van der Waals surface area contributed by atoms with Crippen LogP contribution in [0.5, 0.6) is 0 Å². The van der Waals surface area contributed by atoms with E-state index in [9.17, 15) is 4.39 Å². The van der Waals surface area contributed by atoms with Crippen molar-refractivity contribution in [1.29, 1.82) is 0 Å². The topological polar surface area (TPSA) is 21.7 Å². The molecule has 2 atom stereocenters. The smallest absolute Gasteiger partial charge is 0.399 e. The summed E-state index contributed by atoms with van der Waals surface area (Å²) < 4.78 is 26.6. The summed E-state index contributed by atoms with van der Waals surface area (Å²) in [6.45, 7) is 11.1. The van der Waals surface area contributed by atoms with Crippen LogP contribution in [-0.2, 0) is 15.9 Å². The first-order valence-corrected chi connectivity index (χ1v) is 9.95. The van der Waals surface area contributed by atoms with E-state index in [1.54, 1.807) is 6.07 Å². The van der Waals surface area contributed by atoms with Gasteiger partial charge >= 0.3 is 7.12 Å². The van der Waals surface area contributed by atoms with E-state index in [4.69, 9.17) is 9.31 Å². The lowest BCUT2D eigenvalue weighted by molar-refractivity contribution is 0.00578. The lowest BCUT2D eigenvalue weighted by Crippen LogP contribution is -2.41. The van der Waals surface area contributed by atoms with Crippen LogP contribution in [0.15, 0.2) is 18.2 Å². The summed E-state index contributed by atoms with van der Waals surface area (Å²) in [6, 6.07) is 5.96. The molecule has 0 amide bonds. The van der Waals surface area contributed by atoms with Crippen molar-refractivity contribution < 1.29 is 13.7 Å². The van der Waals surface area contributed by atoms with E-state index in [0.717, 1.165) is 18.0 Å². The molecule has 1 aliphatic heterocycles. The first kappa shape index (κ1) is 19.8. The van der Waals surface area contributed by atoms with Crippen molar-refractivity contribution in [1.82, 2.24) is 4.90 Å². The highest BCUT2D eigenvalue weighted by molar-refractivity contribution is 6.62. The summed E-state index contributed by atoms with van der Waals surface area (Å²) in [7, 11) is 1.53. The Morgan fingerprint density at radius 3 is 2.35 bits per heavy atom. The standard InChI is InChI=1S/C21H33BFNO2/c1-15-9-7-8-10-19(15)24(6)14-16-11-12-18(23)17(13-16)22-25-20(2,3)21(4,5)26-22/h11-13,15,19H,7-10,14H2,1-6H3. The van der Waals surface area contributed by atoms with E-state index in [0.29, 0.717) is 11.5 Å². The van der Waals surface area contributed by atoms with Crippen LogP contribution in [0.25, 0.3) is 0 Å². The van der Waals surface area contributed by atoms with Gasteiger partial charge < -0.3 is 9.31 Å². The van der Waals surface area contributed by atoms with Crippen molar-refractivity contribution in [3.8, 4) is 0 Å². The van der Waals surface area contributed by atoms with Crippen molar-refractivity contribution >= 4 is 12.6 Å². The summed E-state index contributed by atoms with van der Waals surface area (Å²) >= 11 is 0. The van der Waals surface area contributed by atoms with Crippen LogP contribution < -0.4 is 5.46 Å². The molecule has 1 aromatic carbocycles. The van der Waals surface area contributed by atoms with E-state index in [1.165, 1.54) is 25.7 Å². The van der Waals surface area contributed by atoms with Gasteiger partial charge in [-0.15, -0.1) is 0 Å². The molecule has 1 heterocycles. The minimum Gasteiger partial charge on any atom is -0.399 e. The SMILES string of the molecule is CC1CCCCC1N(C)Cc1ccc(F)c(B2OC(C)(C)C(C)(C)O2)c1. The molecule has 26 heavy (non-hydrogen) atoms. The van der Waals surface area contributed by atoms with Gasteiger partial charge in [0.05, 0.1) is 11.2 Å². The van der Waals surface area contributed by atoms with Crippen molar-refractivity contribution in [2.24, 2.45) is 5.92 Å². The second kappa shape index (κ2) is 7.25. The van der Waals surface area contributed by atoms with E-state index in [1.807, 2.05) is 39.8 Å². The Balaban J connectivity index is 1.76. The highest BCUT2D eigenvalue weighted by Crippen LogP contribution is 2.36.